The van der Waals surface area contributed by atoms with Crippen molar-refractivity contribution in [2.24, 2.45) is 0 Å². The number of rotatable bonds is 2. The van der Waals surface area contributed by atoms with Gasteiger partial charge in [-0.05, 0) is 52.4 Å². The molecule has 0 saturated heterocycles. The van der Waals surface area contributed by atoms with Gasteiger partial charge in [0.25, 0.3) is 0 Å². The highest BCUT2D eigenvalue weighted by atomic mass is 35.5. The van der Waals surface area contributed by atoms with Gasteiger partial charge in [0.1, 0.15) is 0 Å². The predicted molar refractivity (Wildman–Crippen MR) is 80.0 cm³/mol. The summed E-state index contributed by atoms with van der Waals surface area (Å²) >= 11 is 8.16. The molecule has 1 amide bonds. The fourth-order valence-electron chi connectivity index (χ4n) is 2.36. The summed E-state index contributed by atoms with van der Waals surface area (Å²) in [5.74, 6) is 0.103. The molecule has 2 aromatic rings. The predicted octanol–water partition coefficient (Wildman–Crippen LogP) is 4.35. The summed E-state index contributed by atoms with van der Waals surface area (Å²) in [4.78, 5) is 11.5. The number of hydrogen-bond acceptors (Lipinski definition) is 2. The van der Waals surface area contributed by atoms with Gasteiger partial charge in [0, 0.05) is 12.1 Å². The van der Waals surface area contributed by atoms with Crippen LogP contribution in [0.1, 0.15) is 34.9 Å². The van der Waals surface area contributed by atoms with Crippen molar-refractivity contribution >= 4 is 34.5 Å². The summed E-state index contributed by atoms with van der Waals surface area (Å²) in [5, 5.41) is 6.94. The Morgan fingerprint density at radius 2 is 2.11 bits per heavy atom. The van der Waals surface area contributed by atoms with Crippen molar-refractivity contribution in [3.8, 4) is 0 Å². The van der Waals surface area contributed by atoms with E-state index in [9.17, 15) is 4.79 Å². The quantitative estimate of drug-likeness (QED) is 0.819. The number of anilines is 1. The molecule has 1 N–H and O–H groups in total. The van der Waals surface area contributed by atoms with E-state index in [4.69, 9.17) is 11.6 Å². The Morgan fingerprint density at radius 3 is 2.89 bits per heavy atom. The fraction of sp³-hybridized carbons (Fsp3) is 0.267. The molecular weight excluding hydrogens is 278 g/mol. The zero-order chi connectivity index (χ0) is 13.2. The van der Waals surface area contributed by atoms with Gasteiger partial charge in [-0.3, -0.25) is 4.79 Å². The molecule has 4 heteroatoms. The number of benzene rings is 1. The second kappa shape index (κ2) is 5.35. The minimum absolute atomic E-state index is 0.103. The number of amides is 1. The molecular formula is C15H14ClNOS. The number of aryl methyl sites for hydroxylation is 1. The summed E-state index contributed by atoms with van der Waals surface area (Å²) in [6.07, 6.45) is 2.42. The van der Waals surface area contributed by atoms with Crippen LogP contribution in [-0.2, 0) is 11.2 Å². The lowest BCUT2D eigenvalue weighted by molar-refractivity contribution is -0.116. The maximum Gasteiger partial charge on any atom is 0.224 e. The van der Waals surface area contributed by atoms with Crippen molar-refractivity contribution in [2.75, 3.05) is 5.32 Å². The standard InChI is InChI=1S/C15H14ClNOS/c16-15(12-6-7-19-9-12)11-4-5-13-10(8-11)2-1-3-14(18)17-13/h4-9,15H,1-3H2,(H,17,18). The van der Waals surface area contributed by atoms with Gasteiger partial charge in [-0.2, -0.15) is 11.3 Å². The van der Waals surface area contributed by atoms with E-state index in [-0.39, 0.29) is 11.3 Å². The molecule has 1 unspecified atom stereocenters. The van der Waals surface area contributed by atoms with Crippen molar-refractivity contribution in [1.82, 2.24) is 0 Å². The molecule has 0 aliphatic carbocycles. The number of nitrogens with one attached hydrogen (secondary N) is 1. The first-order valence-electron chi connectivity index (χ1n) is 6.33. The second-order valence-corrected chi connectivity index (χ2v) is 5.95. The van der Waals surface area contributed by atoms with Crippen LogP contribution in [0.15, 0.2) is 35.0 Å². The van der Waals surface area contributed by atoms with E-state index in [1.807, 2.05) is 17.5 Å². The topological polar surface area (TPSA) is 29.1 Å². The lowest BCUT2D eigenvalue weighted by Crippen LogP contribution is -2.09. The van der Waals surface area contributed by atoms with E-state index >= 15 is 0 Å². The van der Waals surface area contributed by atoms with Gasteiger partial charge in [0.15, 0.2) is 0 Å². The van der Waals surface area contributed by atoms with Gasteiger partial charge >= 0.3 is 0 Å². The lowest BCUT2D eigenvalue weighted by atomic mass is 10.0. The number of carbonyl (C=O) groups excluding carboxylic acids is 1. The van der Waals surface area contributed by atoms with Crippen LogP contribution in [0, 0.1) is 0 Å². The van der Waals surface area contributed by atoms with E-state index in [0.29, 0.717) is 6.42 Å². The molecule has 19 heavy (non-hydrogen) atoms. The molecule has 0 spiro atoms. The molecule has 98 valence electrons. The molecule has 3 rings (SSSR count). The first-order valence-corrected chi connectivity index (χ1v) is 7.71. The Balaban J connectivity index is 1.93. The molecule has 1 atom stereocenters. The Hall–Kier alpha value is -1.32. The van der Waals surface area contributed by atoms with E-state index in [0.717, 1.165) is 29.7 Å². The van der Waals surface area contributed by atoms with Crippen molar-refractivity contribution < 1.29 is 4.79 Å². The van der Waals surface area contributed by atoms with Crippen LogP contribution in [-0.4, -0.2) is 5.91 Å². The van der Waals surface area contributed by atoms with Gasteiger partial charge in [-0.1, -0.05) is 12.1 Å². The molecule has 1 aliphatic rings. The van der Waals surface area contributed by atoms with Crippen LogP contribution in [0.2, 0.25) is 0 Å². The Bertz CT molecular complexity index is 594. The number of hydrogen-bond donors (Lipinski definition) is 1. The fourth-order valence-corrected chi connectivity index (χ4v) is 3.40. The average molecular weight is 292 g/mol. The summed E-state index contributed by atoms with van der Waals surface area (Å²) in [6, 6.07) is 8.14. The number of halogens is 1. The summed E-state index contributed by atoms with van der Waals surface area (Å²) in [7, 11) is 0. The van der Waals surface area contributed by atoms with Crippen LogP contribution >= 0.6 is 22.9 Å². The molecule has 0 radical (unpaired) electrons. The SMILES string of the molecule is O=C1CCCc2cc(C(Cl)c3ccsc3)ccc2N1. The van der Waals surface area contributed by atoms with E-state index in [1.54, 1.807) is 11.3 Å². The maximum atomic E-state index is 11.5. The number of fused-ring (bicyclic) bond motifs is 1. The molecule has 1 aliphatic heterocycles. The van der Waals surface area contributed by atoms with Gasteiger partial charge in [-0.15, -0.1) is 11.6 Å². The van der Waals surface area contributed by atoms with Gasteiger partial charge in [-0.25, -0.2) is 0 Å². The van der Waals surface area contributed by atoms with Crippen molar-refractivity contribution in [1.29, 1.82) is 0 Å². The van der Waals surface area contributed by atoms with Gasteiger partial charge < -0.3 is 5.32 Å². The highest BCUT2D eigenvalue weighted by Crippen LogP contribution is 2.33. The van der Waals surface area contributed by atoms with Crippen molar-refractivity contribution in [3.05, 3.63) is 51.7 Å². The van der Waals surface area contributed by atoms with Crippen LogP contribution in [0.5, 0.6) is 0 Å². The smallest absolute Gasteiger partial charge is 0.224 e. The zero-order valence-electron chi connectivity index (χ0n) is 10.4. The van der Waals surface area contributed by atoms with Crippen LogP contribution in [0.25, 0.3) is 0 Å². The van der Waals surface area contributed by atoms with E-state index in [2.05, 4.69) is 22.8 Å². The van der Waals surface area contributed by atoms with Crippen LogP contribution in [0.3, 0.4) is 0 Å². The normalized spacial score (nSPS) is 16.4. The van der Waals surface area contributed by atoms with Gasteiger partial charge in [0.2, 0.25) is 5.91 Å². The number of carbonyl (C=O) groups is 1. The van der Waals surface area contributed by atoms with E-state index in [1.165, 1.54) is 5.56 Å². The third kappa shape index (κ3) is 2.67. The highest BCUT2D eigenvalue weighted by molar-refractivity contribution is 7.08. The molecule has 0 bridgehead atoms. The van der Waals surface area contributed by atoms with Crippen LogP contribution in [0.4, 0.5) is 5.69 Å². The lowest BCUT2D eigenvalue weighted by Gasteiger charge is -2.12. The largest absolute Gasteiger partial charge is 0.326 e. The molecule has 0 saturated carbocycles. The minimum atomic E-state index is -0.115. The Labute approximate surface area is 121 Å². The summed E-state index contributed by atoms with van der Waals surface area (Å²) in [6.45, 7) is 0. The number of alkyl halides is 1. The second-order valence-electron chi connectivity index (χ2n) is 4.74. The van der Waals surface area contributed by atoms with Crippen molar-refractivity contribution in [2.45, 2.75) is 24.6 Å². The Kier molecular flexibility index (Phi) is 3.58. The number of thiophene rings is 1. The molecule has 0 fully saturated rings. The monoisotopic (exact) mass is 291 g/mol. The highest BCUT2D eigenvalue weighted by Gasteiger charge is 2.16. The maximum absolute atomic E-state index is 11.5. The third-order valence-electron chi connectivity index (χ3n) is 3.38. The molecule has 2 nitrogen and oxygen atoms in total. The minimum Gasteiger partial charge on any atom is -0.326 e. The first-order chi connectivity index (χ1) is 9.24. The molecule has 1 aromatic carbocycles. The Morgan fingerprint density at radius 1 is 1.21 bits per heavy atom. The summed E-state index contributed by atoms with van der Waals surface area (Å²) in [5.41, 5.74) is 4.34. The summed E-state index contributed by atoms with van der Waals surface area (Å²) < 4.78 is 0. The van der Waals surface area contributed by atoms with Gasteiger partial charge in [0.05, 0.1) is 5.38 Å². The van der Waals surface area contributed by atoms with Crippen molar-refractivity contribution in [3.63, 3.8) is 0 Å². The average Bonchev–Trinajstić information content (AvgIpc) is 2.87. The first kappa shape index (κ1) is 12.7. The zero-order valence-corrected chi connectivity index (χ0v) is 11.9. The van der Waals surface area contributed by atoms with E-state index < -0.39 is 0 Å². The molecule has 2 heterocycles. The molecule has 1 aromatic heterocycles. The van der Waals surface area contributed by atoms with Crippen LogP contribution < -0.4 is 5.32 Å². The third-order valence-corrected chi connectivity index (χ3v) is 4.59.